The maximum atomic E-state index is 11.9. The predicted molar refractivity (Wildman–Crippen MR) is 140 cm³/mol. The van der Waals surface area contributed by atoms with Crippen molar-refractivity contribution in [1.29, 1.82) is 0 Å². The first-order valence-corrected chi connectivity index (χ1v) is 10.7. The van der Waals surface area contributed by atoms with Gasteiger partial charge in [-0.15, -0.1) is 24.0 Å². The monoisotopic (exact) mass is 537 g/mol. The second-order valence-corrected chi connectivity index (χ2v) is 7.00. The van der Waals surface area contributed by atoms with E-state index >= 15 is 0 Å². The van der Waals surface area contributed by atoms with Crippen LogP contribution < -0.4 is 16.0 Å². The number of halogens is 1. The zero-order valence-corrected chi connectivity index (χ0v) is 21.4. The summed E-state index contributed by atoms with van der Waals surface area (Å²) < 4.78 is 0. The van der Waals surface area contributed by atoms with Crippen LogP contribution in [0.1, 0.15) is 48.3 Å². The van der Waals surface area contributed by atoms with E-state index in [2.05, 4.69) is 72.0 Å². The number of benzene rings is 2. The summed E-state index contributed by atoms with van der Waals surface area (Å²) in [7, 11) is 1.64. The van der Waals surface area contributed by atoms with Crippen LogP contribution in [-0.2, 0) is 6.54 Å². The number of carbonyl (C=O) groups is 1. The van der Waals surface area contributed by atoms with Gasteiger partial charge < -0.3 is 16.0 Å². The molecule has 0 radical (unpaired) electrons. The van der Waals surface area contributed by atoms with Crippen molar-refractivity contribution in [2.24, 2.45) is 4.99 Å². The highest BCUT2D eigenvalue weighted by Crippen LogP contribution is 2.19. The number of hydrogen-bond acceptors (Lipinski definition) is 3. The molecule has 0 bridgehead atoms. The van der Waals surface area contributed by atoms with Crippen molar-refractivity contribution in [2.75, 3.05) is 33.2 Å². The van der Waals surface area contributed by atoms with Gasteiger partial charge >= 0.3 is 0 Å². The number of carbonyl (C=O) groups excluding carboxylic acids is 1. The number of hydrogen-bond donors (Lipinski definition) is 3. The van der Waals surface area contributed by atoms with Crippen molar-refractivity contribution in [3.8, 4) is 0 Å². The van der Waals surface area contributed by atoms with Crippen molar-refractivity contribution in [2.45, 2.75) is 33.4 Å². The first-order valence-electron chi connectivity index (χ1n) is 10.7. The quantitative estimate of drug-likeness (QED) is 0.245. The summed E-state index contributed by atoms with van der Waals surface area (Å²) in [5.74, 6) is 0.687. The van der Waals surface area contributed by atoms with Crippen molar-refractivity contribution in [3.63, 3.8) is 0 Å². The molecule has 3 N–H and O–H groups in total. The summed E-state index contributed by atoms with van der Waals surface area (Å²) in [5, 5.41) is 9.49. The van der Waals surface area contributed by atoms with E-state index in [0.29, 0.717) is 12.1 Å². The Hall–Kier alpha value is -2.13. The van der Waals surface area contributed by atoms with Gasteiger partial charge in [0, 0.05) is 25.7 Å². The van der Waals surface area contributed by atoms with Gasteiger partial charge in [0.2, 0.25) is 0 Å². The van der Waals surface area contributed by atoms with Gasteiger partial charge in [-0.05, 0) is 43.3 Å². The molecule has 1 amide bonds. The highest BCUT2D eigenvalue weighted by Gasteiger charge is 2.18. The molecule has 0 spiro atoms. The molecule has 0 saturated carbocycles. The van der Waals surface area contributed by atoms with E-state index < -0.39 is 0 Å². The van der Waals surface area contributed by atoms with Gasteiger partial charge in [-0.3, -0.25) is 9.69 Å². The van der Waals surface area contributed by atoms with E-state index in [1.54, 1.807) is 7.05 Å². The minimum Gasteiger partial charge on any atom is -0.357 e. The zero-order valence-electron chi connectivity index (χ0n) is 19.0. The molecule has 1 atom stereocenters. The Morgan fingerprint density at radius 1 is 1.00 bits per heavy atom. The Kier molecular flexibility index (Phi) is 12.8. The molecule has 6 nitrogen and oxygen atoms in total. The van der Waals surface area contributed by atoms with Gasteiger partial charge in [0.15, 0.2) is 5.96 Å². The molecule has 2 aromatic rings. The summed E-state index contributed by atoms with van der Waals surface area (Å²) in [6.07, 6.45) is 0. The van der Waals surface area contributed by atoms with Crippen molar-refractivity contribution >= 4 is 35.8 Å². The van der Waals surface area contributed by atoms with Gasteiger partial charge in [0.1, 0.15) is 0 Å². The summed E-state index contributed by atoms with van der Waals surface area (Å²) in [6, 6.07) is 18.4. The van der Waals surface area contributed by atoms with Crippen LogP contribution in [0.4, 0.5) is 0 Å². The van der Waals surface area contributed by atoms with Gasteiger partial charge in [-0.2, -0.15) is 0 Å². The second-order valence-electron chi connectivity index (χ2n) is 7.00. The van der Waals surface area contributed by atoms with Gasteiger partial charge in [-0.1, -0.05) is 56.3 Å². The summed E-state index contributed by atoms with van der Waals surface area (Å²) in [5.41, 5.74) is 2.94. The number of amides is 1. The lowest BCUT2D eigenvalue weighted by Crippen LogP contribution is -2.43. The summed E-state index contributed by atoms with van der Waals surface area (Å²) in [6.45, 7) is 10.5. The zero-order chi connectivity index (χ0) is 21.8. The molecular weight excluding hydrogens is 501 g/mol. The van der Waals surface area contributed by atoms with E-state index in [4.69, 9.17) is 4.99 Å². The number of likely N-dealkylation sites (N-methyl/N-ethyl adjacent to an activating group) is 1. The average Bonchev–Trinajstić information content (AvgIpc) is 2.80. The third-order valence-corrected chi connectivity index (χ3v) is 5.08. The number of guanidine groups is 1. The highest BCUT2D eigenvalue weighted by molar-refractivity contribution is 14.0. The predicted octanol–water partition coefficient (Wildman–Crippen LogP) is 3.80. The minimum atomic E-state index is -0.0872. The van der Waals surface area contributed by atoms with E-state index in [0.717, 1.165) is 37.7 Å². The number of aliphatic imine (C=N–C) groups is 1. The molecule has 0 aliphatic carbocycles. The lowest BCUT2D eigenvalue weighted by Gasteiger charge is -2.30. The molecule has 0 aromatic heterocycles. The Labute approximate surface area is 203 Å². The molecule has 2 aromatic carbocycles. The highest BCUT2D eigenvalue weighted by atomic mass is 127. The molecule has 2 rings (SSSR count). The number of nitrogens with zero attached hydrogens (tertiary/aromatic N) is 2. The second kappa shape index (κ2) is 14.8. The molecule has 0 heterocycles. The van der Waals surface area contributed by atoms with Crippen molar-refractivity contribution < 1.29 is 4.79 Å². The molecule has 1 unspecified atom stereocenters. The average molecular weight is 537 g/mol. The fraction of sp³-hybridized carbons (Fsp3) is 0.417. The molecule has 0 aliphatic rings. The third kappa shape index (κ3) is 8.49. The molecule has 31 heavy (non-hydrogen) atoms. The Balaban J connectivity index is 0.00000480. The van der Waals surface area contributed by atoms with Crippen LogP contribution in [0, 0.1) is 0 Å². The summed E-state index contributed by atoms with van der Waals surface area (Å²) in [4.78, 5) is 19.0. The molecule has 0 fully saturated rings. The van der Waals surface area contributed by atoms with Crippen LogP contribution in [0.2, 0.25) is 0 Å². The maximum absolute atomic E-state index is 11.9. The normalized spacial score (nSPS) is 12.1. The van der Waals surface area contributed by atoms with E-state index in [1.807, 2.05) is 24.3 Å². The van der Waals surface area contributed by atoms with Gasteiger partial charge in [0.05, 0.1) is 12.6 Å². The number of rotatable bonds is 10. The first kappa shape index (κ1) is 26.9. The van der Waals surface area contributed by atoms with Crippen LogP contribution in [0.5, 0.6) is 0 Å². The van der Waals surface area contributed by atoms with Gasteiger partial charge in [-0.25, -0.2) is 4.99 Å². The topological polar surface area (TPSA) is 68.8 Å². The standard InChI is InChI=1S/C24H35N5O.HI/c1-5-26-24(27-17-19-12-11-15-21(16-19)23(30)25-4)28-18-22(29(6-2)7-3)20-13-9-8-10-14-20;/h8-16,22H,5-7,17-18H2,1-4H3,(H,25,30)(H2,26,27,28);1H. The fourth-order valence-electron chi connectivity index (χ4n) is 3.46. The first-order chi connectivity index (χ1) is 14.6. The number of nitrogens with one attached hydrogen (secondary N) is 3. The SMILES string of the molecule is CCNC(=NCc1cccc(C(=O)NC)c1)NCC(c1ccccc1)N(CC)CC.I. The van der Waals surface area contributed by atoms with E-state index in [9.17, 15) is 4.79 Å². The lowest BCUT2D eigenvalue weighted by molar-refractivity contribution is 0.0963. The van der Waals surface area contributed by atoms with E-state index in [-0.39, 0.29) is 35.9 Å². The van der Waals surface area contributed by atoms with Crippen molar-refractivity contribution in [1.82, 2.24) is 20.9 Å². The molecule has 170 valence electrons. The van der Waals surface area contributed by atoms with Crippen LogP contribution >= 0.6 is 24.0 Å². The third-order valence-electron chi connectivity index (χ3n) is 5.08. The van der Waals surface area contributed by atoms with Crippen LogP contribution in [0.3, 0.4) is 0 Å². The fourth-order valence-corrected chi connectivity index (χ4v) is 3.46. The molecular formula is C24H36IN5O. The largest absolute Gasteiger partial charge is 0.357 e. The van der Waals surface area contributed by atoms with Crippen molar-refractivity contribution in [3.05, 3.63) is 71.3 Å². The molecule has 0 saturated heterocycles. The smallest absolute Gasteiger partial charge is 0.251 e. The van der Waals surface area contributed by atoms with Crippen LogP contribution in [0.15, 0.2) is 59.6 Å². The Morgan fingerprint density at radius 2 is 1.71 bits per heavy atom. The van der Waals surface area contributed by atoms with Crippen LogP contribution in [0.25, 0.3) is 0 Å². The van der Waals surface area contributed by atoms with Crippen LogP contribution in [-0.4, -0.2) is 50.0 Å². The Morgan fingerprint density at radius 3 is 2.32 bits per heavy atom. The maximum Gasteiger partial charge on any atom is 0.251 e. The molecule has 0 aliphatic heterocycles. The van der Waals surface area contributed by atoms with Gasteiger partial charge in [0.25, 0.3) is 5.91 Å². The molecule has 7 heteroatoms. The lowest BCUT2D eigenvalue weighted by atomic mass is 10.1. The minimum absolute atomic E-state index is 0. The Bertz CT molecular complexity index is 809. The summed E-state index contributed by atoms with van der Waals surface area (Å²) >= 11 is 0. The van der Waals surface area contributed by atoms with E-state index in [1.165, 1.54) is 5.56 Å².